The van der Waals surface area contributed by atoms with Crippen LogP contribution in [0.3, 0.4) is 0 Å². The van der Waals surface area contributed by atoms with Crippen molar-refractivity contribution in [1.82, 2.24) is 0 Å². The van der Waals surface area contributed by atoms with Crippen molar-refractivity contribution in [2.45, 2.75) is 48.0 Å². The lowest BCUT2D eigenvalue weighted by atomic mass is 10.1. The first-order valence-corrected chi connectivity index (χ1v) is 5.03. The Morgan fingerprint density at radius 2 is 1.42 bits per heavy atom. The summed E-state index contributed by atoms with van der Waals surface area (Å²) in [6.45, 7) is 14.1. The number of rotatable bonds is 0. The standard InChI is InChI=1S/C7H12O.2C2H6/c1-6-3-4-8-5-7(6)2;2*1-2/h3-5H2,1-2H3;2*1-2H3. The Morgan fingerprint density at radius 1 is 0.917 bits per heavy atom. The minimum absolute atomic E-state index is 0.853. The van der Waals surface area contributed by atoms with Crippen molar-refractivity contribution in [3.8, 4) is 0 Å². The predicted molar refractivity (Wildman–Crippen MR) is 56.5 cm³/mol. The van der Waals surface area contributed by atoms with Crippen molar-refractivity contribution >= 4 is 0 Å². The summed E-state index contributed by atoms with van der Waals surface area (Å²) in [7, 11) is 0. The lowest BCUT2D eigenvalue weighted by Gasteiger charge is -2.13. The Hall–Kier alpha value is -0.300. The van der Waals surface area contributed by atoms with E-state index >= 15 is 0 Å². The van der Waals surface area contributed by atoms with Crippen LogP contribution in [0.2, 0.25) is 0 Å². The first-order valence-electron chi connectivity index (χ1n) is 5.03. The summed E-state index contributed by atoms with van der Waals surface area (Å²) in [5.74, 6) is 0. The van der Waals surface area contributed by atoms with Gasteiger partial charge in [0.1, 0.15) is 0 Å². The number of ether oxygens (including phenoxy) is 1. The second kappa shape index (κ2) is 10.7. The third kappa shape index (κ3) is 6.41. The smallest absolute Gasteiger partial charge is 0.0676 e. The summed E-state index contributed by atoms with van der Waals surface area (Å²) in [6.07, 6.45) is 1.13. The van der Waals surface area contributed by atoms with Crippen molar-refractivity contribution in [3.63, 3.8) is 0 Å². The van der Waals surface area contributed by atoms with Gasteiger partial charge in [-0.25, -0.2) is 0 Å². The second-order valence-electron chi connectivity index (χ2n) is 2.36. The van der Waals surface area contributed by atoms with Crippen molar-refractivity contribution in [3.05, 3.63) is 11.1 Å². The molecule has 0 spiro atoms. The van der Waals surface area contributed by atoms with Gasteiger partial charge in [0.25, 0.3) is 0 Å². The molecule has 0 aliphatic carbocycles. The third-order valence-electron chi connectivity index (χ3n) is 1.67. The van der Waals surface area contributed by atoms with Gasteiger partial charge in [-0.15, -0.1) is 0 Å². The molecule has 1 heteroatoms. The summed E-state index contributed by atoms with van der Waals surface area (Å²) in [6, 6.07) is 0. The highest BCUT2D eigenvalue weighted by atomic mass is 16.5. The molecule has 0 N–H and O–H groups in total. The summed E-state index contributed by atoms with van der Waals surface area (Å²) in [4.78, 5) is 0. The van der Waals surface area contributed by atoms with Crippen LogP contribution in [0.4, 0.5) is 0 Å². The minimum atomic E-state index is 0.853. The molecule has 0 bridgehead atoms. The fourth-order valence-corrected chi connectivity index (χ4v) is 0.787. The molecular weight excluding hydrogens is 148 g/mol. The minimum Gasteiger partial charge on any atom is -0.377 e. The molecule has 0 fully saturated rings. The zero-order chi connectivity index (χ0) is 9.98. The molecular formula is C11H24O. The molecule has 1 aliphatic heterocycles. The molecule has 0 aromatic carbocycles. The van der Waals surface area contributed by atoms with E-state index in [1.165, 1.54) is 11.1 Å². The molecule has 1 heterocycles. The summed E-state index contributed by atoms with van der Waals surface area (Å²) < 4.78 is 5.19. The number of hydrogen-bond donors (Lipinski definition) is 0. The van der Waals surface area contributed by atoms with Crippen LogP contribution in [0.25, 0.3) is 0 Å². The van der Waals surface area contributed by atoms with E-state index < -0.39 is 0 Å². The van der Waals surface area contributed by atoms with Crippen molar-refractivity contribution < 1.29 is 4.74 Å². The van der Waals surface area contributed by atoms with E-state index in [0.29, 0.717) is 0 Å². The van der Waals surface area contributed by atoms with E-state index in [1.807, 2.05) is 27.7 Å². The molecule has 1 nitrogen and oxygen atoms in total. The average molecular weight is 172 g/mol. The normalized spacial score (nSPS) is 15.5. The van der Waals surface area contributed by atoms with Crippen LogP contribution in [0.5, 0.6) is 0 Å². The van der Waals surface area contributed by atoms with Gasteiger partial charge in [-0.2, -0.15) is 0 Å². The van der Waals surface area contributed by atoms with Crippen LogP contribution >= 0.6 is 0 Å². The number of hydrogen-bond acceptors (Lipinski definition) is 1. The molecule has 0 radical (unpaired) electrons. The SMILES string of the molecule is CC.CC.CC1=C(C)COCC1. The molecule has 0 aromatic heterocycles. The van der Waals surface area contributed by atoms with E-state index in [-0.39, 0.29) is 0 Å². The van der Waals surface area contributed by atoms with Crippen LogP contribution < -0.4 is 0 Å². The molecule has 0 aromatic rings. The van der Waals surface area contributed by atoms with Crippen LogP contribution in [-0.2, 0) is 4.74 Å². The molecule has 0 saturated carbocycles. The van der Waals surface area contributed by atoms with Gasteiger partial charge in [-0.3, -0.25) is 0 Å². The topological polar surface area (TPSA) is 9.23 Å². The molecule has 0 atom stereocenters. The lowest BCUT2D eigenvalue weighted by Crippen LogP contribution is -2.06. The summed E-state index contributed by atoms with van der Waals surface area (Å²) in [5.41, 5.74) is 2.92. The first kappa shape index (κ1) is 14.2. The van der Waals surface area contributed by atoms with Crippen LogP contribution in [0.1, 0.15) is 48.0 Å². The van der Waals surface area contributed by atoms with Gasteiger partial charge in [0, 0.05) is 0 Å². The summed E-state index contributed by atoms with van der Waals surface area (Å²) in [5, 5.41) is 0. The average Bonchev–Trinajstić information content (AvgIpc) is 2.17. The van der Waals surface area contributed by atoms with E-state index in [4.69, 9.17) is 4.74 Å². The van der Waals surface area contributed by atoms with Crippen molar-refractivity contribution in [2.24, 2.45) is 0 Å². The van der Waals surface area contributed by atoms with Gasteiger partial charge >= 0.3 is 0 Å². The maximum atomic E-state index is 5.19. The fourth-order valence-electron chi connectivity index (χ4n) is 0.787. The van der Waals surface area contributed by atoms with Gasteiger partial charge in [-0.05, 0) is 25.8 Å². The highest BCUT2D eigenvalue weighted by molar-refractivity contribution is 5.11. The van der Waals surface area contributed by atoms with Crippen LogP contribution in [0, 0.1) is 0 Å². The predicted octanol–water partition coefficient (Wildman–Crippen LogP) is 3.80. The van der Waals surface area contributed by atoms with Crippen LogP contribution in [-0.4, -0.2) is 13.2 Å². The van der Waals surface area contributed by atoms with Gasteiger partial charge in [0.15, 0.2) is 0 Å². The Kier molecular flexibility index (Phi) is 12.7. The maximum Gasteiger partial charge on any atom is 0.0676 e. The molecule has 0 saturated heterocycles. The third-order valence-corrected chi connectivity index (χ3v) is 1.67. The quantitative estimate of drug-likeness (QED) is 0.505. The fraction of sp³-hybridized carbons (Fsp3) is 0.818. The largest absolute Gasteiger partial charge is 0.377 e. The van der Waals surface area contributed by atoms with E-state index in [1.54, 1.807) is 0 Å². The molecule has 1 rings (SSSR count). The van der Waals surface area contributed by atoms with Crippen LogP contribution in [0.15, 0.2) is 11.1 Å². The van der Waals surface area contributed by atoms with Gasteiger partial charge in [-0.1, -0.05) is 33.3 Å². The molecule has 1 aliphatic rings. The van der Waals surface area contributed by atoms with Crippen molar-refractivity contribution in [1.29, 1.82) is 0 Å². The molecule has 0 amide bonds. The zero-order valence-corrected chi connectivity index (χ0v) is 9.53. The second-order valence-corrected chi connectivity index (χ2v) is 2.36. The Bertz CT molecular complexity index is 100. The van der Waals surface area contributed by atoms with E-state index in [2.05, 4.69) is 13.8 Å². The lowest BCUT2D eigenvalue weighted by molar-refractivity contribution is 0.146. The van der Waals surface area contributed by atoms with E-state index in [9.17, 15) is 0 Å². The Labute approximate surface area is 77.8 Å². The van der Waals surface area contributed by atoms with Crippen molar-refractivity contribution in [2.75, 3.05) is 13.2 Å². The maximum absolute atomic E-state index is 5.19. The van der Waals surface area contributed by atoms with Gasteiger partial charge < -0.3 is 4.74 Å². The highest BCUT2D eigenvalue weighted by Gasteiger charge is 2.02. The highest BCUT2D eigenvalue weighted by Crippen LogP contribution is 2.12. The summed E-state index contributed by atoms with van der Waals surface area (Å²) >= 11 is 0. The monoisotopic (exact) mass is 172 g/mol. The Morgan fingerprint density at radius 3 is 1.67 bits per heavy atom. The van der Waals surface area contributed by atoms with Gasteiger partial charge in [0.2, 0.25) is 0 Å². The first-order chi connectivity index (χ1) is 5.80. The molecule has 12 heavy (non-hydrogen) atoms. The Balaban J connectivity index is 0. The van der Waals surface area contributed by atoms with Gasteiger partial charge in [0.05, 0.1) is 13.2 Å². The molecule has 74 valence electrons. The van der Waals surface area contributed by atoms with E-state index in [0.717, 1.165) is 19.6 Å². The zero-order valence-electron chi connectivity index (χ0n) is 9.53. The molecule has 0 unspecified atom stereocenters.